The van der Waals surface area contributed by atoms with Crippen LogP contribution in [0.1, 0.15) is 32.4 Å². The van der Waals surface area contributed by atoms with Gasteiger partial charge in [0, 0.05) is 11.9 Å². The van der Waals surface area contributed by atoms with Crippen molar-refractivity contribution in [2.45, 2.75) is 26.7 Å². The SMILES string of the molecule is CCNCCS(=O)(=O)Nc1nc(C(C)C)cs1. The zero-order valence-electron chi connectivity index (χ0n) is 10.4. The van der Waals surface area contributed by atoms with Gasteiger partial charge in [-0.1, -0.05) is 20.8 Å². The van der Waals surface area contributed by atoms with E-state index < -0.39 is 10.0 Å². The molecular weight excluding hydrogens is 258 g/mol. The van der Waals surface area contributed by atoms with Crippen molar-refractivity contribution in [3.8, 4) is 0 Å². The maximum atomic E-state index is 11.7. The summed E-state index contributed by atoms with van der Waals surface area (Å²) < 4.78 is 25.8. The van der Waals surface area contributed by atoms with Crippen LogP contribution in [0.5, 0.6) is 0 Å². The van der Waals surface area contributed by atoms with Crippen LogP contribution in [0.4, 0.5) is 5.13 Å². The van der Waals surface area contributed by atoms with Gasteiger partial charge in [-0.15, -0.1) is 11.3 Å². The third-order valence-electron chi connectivity index (χ3n) is 2.15. The van der Waals surface area contributed by atoms with E-state index in [-0.39, 0.29) is 5.75 Å². The van der Waals surface area contributed by atoms with Gasteiger partial charge in [-0.2, -0.15) is 0 Å². The highest BCUT2D eigenvalue weighted by Crippen LogP contribution is 2.22. The first kappa shape index (κ1) is 14.4. The van der Waals surface area contributed by atoms with Gasteiger partial charge < -0.3 is 5.32 Å². The Hall–Kier alpha value is -0.660. The zero-order chi connectivity index (χ0) is 12.9. The summed E-state index contributed by atoms with van der Waals surface area (Å²) in [6, 6.07) is 0. The highest BCUT2D eigenvalue weighted by atomic mass is 32.2. The number of hydrogen-bond donors (Lipinski definition) is 2. The molecule has 0 radical (unpaired) electrons. The molecule has 0 aliphatic rings. The number of nitrogens with one attached hydrogen (secondary N) is 2. The third-order valence-corrected chi connectivity index (χ3v) is 4.30. The highest BCUT2D eigenvalue weighted by Gasteiger charge is 2.13. The van der Waals surface area contributed by atoms with Gasteiger partial charge in [0.15, 0.2) is 5.13 Å². The van der Waals surface area contributed by atoms with Crippen LogP contribution >= 0.6 is 11.3 Å². The van der Waals surface area contributed by atoms with E-state index in [4.69, 9.17) is 0 Å². The monoisotopic (exact) mass is 277 g/mol. The fourth-order valence-electron chi connectivity index (χ4n) is 1.17. The molecule has 7 heteroatoms. The number of anilines is 1. The number of thiazole rings is 1. The van der Waals surface area contributed by atoms with Gasteiger partial charge >= 0.3 is 0 Å². The predicted molar refractivity (Wildman–Crippen MR) is 72.2 cm³/mol. The van der Waals surface area contributed by atoms with Gasteiger partial charge in [0.25, 0.3) is 0 Å². The Labute approximate surface area is 107 Å². The van der Waals surface area contributed by atoms with Crippen molar-refractivity contribution in [1.29, 1.82) is 0 Å². The van der Waals surface area contributed by atoms with Crippen LogP contribution in [-0.4, -0.2) is 32.2 Å². The van der Waals surface area contributed by atoms with Crippen molar-refractivity contribution in [2.24, 2.45) is 0 Å². The van der Waals surface area contributed by atoms with E-state index in [1.165, 1.54) is 11.3 Å². The lowest BCUT2D eigenvalue weighted by molar-refractivity contribution is 0.597. The molecule has 0 aliphatic heterocycles. The van der Waals surface area contributed by atoms with E-state index in [1.54, 1.807) is 0 Å². The van der Waals surface area contributed by atoms with E-state index in [1.807, 2.05) is 26.2 Å². The largest absolute Gasteiger partial charge is 0.316 e. The molecule has 98 valence electrons. The Balaban J connectivity index is 2.57. The molecule has 1 heterocycles. The van der Waals surface area contributed by atoms with E-state index >= 15 is 0 Å². The maximum Gasteiger partial charge on any atom is 0.235 e. The second-order valence-corrected chi connectivity index (χ2v) is 6.71. The minimum Gasteiger partial charge on any atom is -0.316 e. The quantitative estimate of drug-likeness (QED) is 0.743. The van der Waals surface area contributed by atoms with E-state index in [9.17, 15) is 8.42 Å². The second-order valence-electron chi connectivity index (χ2n) is 4.01. The number of rotatable bonds is 7. The van der Waals surface area contributed by atoms with Crippen molar-refractivity contribution < 1.29 is 8.42 Å². The Morgan fingerprint density at radius 3 is 2.71 bits per heavy atom. The Kier molecular flexibility index (Phi) is 5.35. The summed E-state index contributed by atoms with van der Waals surface area (Å²) in [6.45, 7) is 7.21. The van der Waals surface area contributed by atoms with Gasteiger partial charge in [0.05, 0.1) is 11.4 Å². The molecule has 0 spiro atoms. The van der Waals surface area contributed by atoms with Crippen LogP contribution in [0.3, 0.4) is 0 Å². The molecule has 17 heavy (non-hydrogen) atoms. The number of nitrogens with zero attached hydrogens (tertiary/aromatic N) is 1. The molecule has 0 unspecified atom stereocenters. The van der Waals surface area contributed by atoms with Gasteiger partial charge in [-0.3, -0.25) is 4.72 Å². The molecule has 0 amide bonds. The summed E-state index contributed by atoms with van der Waals surface area (Å²) in [5.74, 6) is 0.378. The standard InChI is InChI=1S/C10H19N3O2S2/c1-4-11-5-6-17(14,15)13-10-12-9(7-16-10)8(2)3/h7-8,11H,4-6H2,1-3H3,(H,12,13). The molecule has 1 aromatic heterocycles. The summed E-state index contributed by atoms with van der Waals surface area (Å²) in [6.07, 6.45) is 0. The molecule has 0 saturated carbocycles. The molecule has 1 rings (SSSR count). The predicted octanol–water partition coefficient (Wildman–Crippen LogP) is 1.62. The van der Waals surface area contributed by atoms with Gasteiger partial charge in [-0.25, -0.2) is 13.4 Å². The zero-order valence-corrected chi connectivity index (χ0v) is 12.0. The third kappa shape index (κ3) is 5.01. The Morgan fingerprint density at radius 2 is 2.18 bits per heavy atom. The van der Waals surface area contributed by atoms with Crippen molar-refractivity contribution in [2.75, 3.05) is 23.6 Å². The number of aromatic nitrogens is 1. The van der Waals surface area contributed by atoms with Crippen LogP contribution in [0.25, 0.3) is 0 Å². The molecule has 0 saturated heterocycles. The Bertz CT molecular complexity index is 440. The Morgan fingerprint density at radius 1 is 1.47 bits per heavy atom. The molecule has 0 atom stereocenters. The second kappa shape index (κ2) is 6.32. The molecule has 0 aromatic carbocycles. The lowest BCUT2D eigenvalue weighted by Gasteiger charge is -2.05. The molecule has 1 aromatic rings. The molecule has 0 aliphatic carbocycles. The molecule has 2 N–H and O–H groups in total. The van der Waals surface area contributed by atoms with E-state index in [0.29, 0.717) is 17.6 Å². The van der Waals surface area contributed by atoms with Gasteiger partial charge in [0.1, 0.15) is 0 Å². The fourth-order valence-corrected chi connectivity index (χ4v) is 3.28. The minimum absolute atomic E-state index is 0.0669. The van der Waals surface area contributed by atoms with Crippen LogP contribution in [0.2, 0.25) is 0 Å². The van der Waals surface area contributed by atoms with Crippen molar-refractivity contribution >= 4 is 26.5 Å². The van der Waals surface area contributed by atoms with Crippen LogP contribution < -0.4 is 10.0 Å². The van der Waals surface area contributed by atoms with E-state index in [2.05, 4.69) is 15.0 Å². The molecule has 5 nitrogen and oxygen atoms in total. The van der Waals surface area contributed by atoms with Crippen LogP contribution in [0.15, 0.2) is 5.38 Å². The van der Waals surface area contributed by atoms with Gasteiger partial charge in [0.2, 0.25) is 10.0 Å². The van der Waals surface area contributed by atoms with Crippen molar-refractivity contribution in [3.05, 3.63) is 11.1 Å². The average Bonchev–Trinajstić information content (AvgIpc) is 2.65. The lowest BCUT2D eigenvalue weighted by atomic mass is 10.2. The summed E-state index contributed by atoms with van der Waals surface area (Å²) >= 11 is 1.32. The van der Waals surface area contributed by atoms with Crippen molar-refractivity contribution in [1.82, 2.24) is 10.3 Å². The molecular formula is C10H19N3O2S2. The van der Waals surface area contributed by atoms with Crippen molar-refractivity contribution in [3.63, 3.8) is 0 Å². The number of hydrogen-bond acceptors (Lipinski definition) is 5. The molecule has 0 bridgehead atoms. The summed E-state index contributed by atoms with van der Waals surface area (Å²) in [7, 11) is -3.28. The summed E-state index contributed by atoms with van der Waals surface area (Å²) in [5.41, 5.74) is 0.916. The lowest BCUT2D eigenvalue weighted by Crippen LogP contribution is -2.26. The normalized spacial score (nSPS) is 12.0. The highest BCUT2D eigenvalue weighted by molar-refractivity contribution is 7.92. The van der Waals surface area contributed by atoms with E-state index in [0.717, 1.165) is 12.2 Å². The van der Waals surface area contributed by atoms with Gasteiger partial charge in [-0.05, 0) is 12.5 Å². The fraction of sp³-hybridized carbons (Fsp3) is 0.700. The first-order valence-corrected chi connectivity index (χ1v) is 8.14. The smallest absolute Gasteiger partial charge is 0.235 e. The maximum absolute atomic E-state index is 11.7. The van der Waals surface area contributed by atoms with Crippen LogP contribution in [0, 0.1) is 0 Å². The number of sulfonamides is 1. The minimum atomic E-state index is -3.28. The summed E-state index contributed by atoms with van der Waals surface area (Å²) in [4.78, 5) is 4.23. The first-order valence-electron chi connectivity index (χ1n) is 5.61. The average molecular weight is 277 g/mol. The summed E-state index contributed by atoms with van der Waals surface area (Å²) in [5, 5.41) is 5.31. The van der Waals surface area contributed by atoms with Crippen LogP contribution in [-0.2, 0) is 10.0 Å². The first-order chi connectivity index (χ1) is 7.94. The molecule has 0 fully saturated rings. The topological polar surface area (TPSA) is 71.1 Å².